The van der Waals surface area contributed by atoms with Gasteiger partial charge in [0.05, 0.1) is 20.3 Å². The van der Waals surface area contributed by atoms with Crippen LogP contribution in [0.4, 0.5) is 10.6 Å². The first-order valence-corrected chi connectivity index (χ1v) is 9.55. The van der Waals surface area contributed by atoms with E-state index in [1.54, 1.807) is 6.20 Å². The average Bonchev–Trinajstić information content (AvgIpc) is 2.72. The van der Waals surface area contributed by atoms with Crippen LogP contribution in [0.15, 0.2) is 18.3 Å². The summed E-state index contributed by atoms with van der Waals surface area (Å²) in [5, 5.41) is 5.68. The van der Waals surface area contributed by atoms with Gasteiger partial charge < -0.3 is 25.0 Å². The van der Waals surface area contributed by atoms with Crippen molar-refractivity contribution in [1.29, 1.82) is 0 Å². The first-order valence-electron chi connectivity index (χ1n) is 9.55. The number of esters is 1. The second-order valence-corrected chi connectivity index (χ2v) is 6.47. The van der Waals surface area contributed by atoms with E-state index in [1.165, 1.54) is 7.11 Å². The van der Waals surface area contributed by atoms with E-state index in [0.717, 1.165) is 63.4 Å². The summed E-state index contributed by atoms with van der Waals surface area (Å²) in [5.74, 6) is 0.777. The molecule has 0 spiro atoms. The highest BCUT2D eigenvalue weighted by Gasteiger charge is 2.12. The maximum Gasteiger partial charge on any atom is 0.315 e. The number of nitrogens with one attached hydrogen (secondary N) is 2. The maximum atomic E-state index is 11.8. The number of hydrogen-bond acceptors (Lipinski definition) is 6. The van der Waals surface area contributed by atoms with Gasteiger partial charge in [0, 0.05) is 38.8 Å². The van der Waals surface area contributed by atoms with E-state index < -0.39 is 0 Å². The number of aromatic nitrogens is 1. The monoisotopic (exact) mass is 378 g/mol. The summed E-state index contributed by atoms with van der Waals surface area (Å²) in [6.45, 7) is 4.25. The molecule has 2 N–H and O–H groups in total. The SMILES string of the molecule is COC(=O)CCCCCCNC(=O)NCc1ccc(N2CCOCC2)nc1. The van der Waals surface area contributed by atoms with Crippen molar-refractivity contribution in [3.05, 3.63) is 23.9 Å². The van der Waals surface area contributed by atoms with Crippen molar-refractivity contribution in [2.75, 3.05) is 44.9 Å². The predicted octanol–water partition coefficient (Wildman–Crippen LogP) is 1.84. The quantitative estimate of drug-likeness (QED) is 0.477. The van der Waals surface area contributed by atoms with Gasteiger partial charge >= 0.3 is 12.0 Å². The summed E-state index contributed by atoms with van der Waals surface area (Å²) < 4.78 is 9.94. The van der Waals surface area contributed by atoms with E-state index in [9.17, 15) is 9.59 Å². The smallest absolute Gasteiger partial charge is 0.315 e. The normalized spacial score (nSPS) is 13.9. The first-order chi connectivity index (χ1) is 13.2. The molecule has 1 saturated heterocycles. The molecule has 0 aromatic carbocycles. The highest BCUT2D eigenvalue weighted by Crippen LogP contribution is 2.12. The van der Waals surface area contributed by atoms with Crippen LogP contribution in [0.3, 0.4) is 0 Å². The number of unbranched alkanes of at least 4 members (excludes halogenated alkanes) is 3. The number of nitrogens with zero attached hydrogens (tertiary/aromatic N) is 2. The number of hydrogen-bond donors (Lipinski definition) is 2. The van der Waals surface area contributed by atoms with Crippen LogP contribution >= 0.6 is 0 Å². The van der Waals surface area contributed by atoms with Crippen molar-refractivity contribution in [3.8, 4) is 0 Å². The van der Waals surface area contributed by atoms with Crippen LogP contribution in [0.2, 0.25) is 0 Å². The molecule has 0 radical (unpaired) electrons. The average molecular weight is 378 g/mol. The van der Waals surface area contributed by atoms with Gasteiger partial charge in [-0.25, -0.2) is 9.78 Å². The van der Waals surface area contributed by atoms with Gasteiger partial charge in [-0.2, -0.15) is 0 Å². The fourth-order valence-electron chi connectivity index (χ4n) is 2.80. The van der Waals surface area contributed by atoms with Gasteiger partial charge in [-0.3, -0.25) is 4.79 Å². The van der Waals surface area contributed by atoms with Gasteiger partial charge in [0.2, 0.25) is 0 Å². The number of urea groups is 1. The van der Waals surface area contributed by atoms with E-state index in [-0.39, 0.29) is 12.0 Å². The van der Waals surface area contributed by atoms with Crippen molar-refractivity contribution in [2.45, 2.75) is 38.6 Å². The zero-order valence-electron chi connectivity index (χ0n) is 16.0. The predicted molar refractivity (Wildman–Crippen MR) is 103 cm³/mol. The zero-order chi connectivity index (χ0) is 19.3. The minimum Gasteiger partial charge on any atom is -0.469 e. The third-order valence-electron chi connectivity index (χ3n) is 4.42. The molecule has 2 amide bonds. The Hall–Kier alpha value is -2.35. The van der Waals surface area contributed by atoms with Gasteiger partial charge in [0.1, 0.15) is 5.82 Å². The van der Waals surface area contributed by atoms with E-state index in [2.05, 4.69) is 25.3 Å². The third kappa shape index (κ3) is 8.25. The summed E-state index contributed by atoms with van der Waals surface area (Å²) in [6, 6.07) is 3.79. The molecule has 1 fully saturated rings. The van der Waals surface area contributed by atoms with Crippen LogP contribution in [0.1, 0.15) is 37.7 Å². The van der Waals surface area contributed by atoms with Gasteiger partial charge in [-0.15, -0.1) is 0 Å². The van der Waals surface area contributed by atoms with E-state index in [4.69, 9.17) is 4.74 Å². The Morgan fingerprint density at radius 3 is 2.63 bits per heavy atom. The van der Waals surface area contributed by atoms with Crippen LogP contribution < -0.4 is 15.5 Å². The first kappa shape index (κ1) is 21.0. The van der Waals surface area contributed by atoms with Crippen molar-refractivity contribution in [1.82, 2.24) is 15.6 Å². The van der Waals surface area contributed by atoms with E-state index >= 15 is 0 Å². The van der Waals surface area contributed by atoms with Crippen LogP contribution in [0.25, 0.3) is 0 Å². The largest absolute Gasteiger partial charge is 0.469 e. The minimum absolute atomic E-state index is 0.167. The van der Waals surface area contributed by atoms with Crippen molar-refractivity contribution in [3.63, 3.8) is 0 Å². The molecule has 1 aliphatic rings. The van der Waals surface area contributed by atoms with Crippen LogP contribution in [-0.4, -0.2) is 56.9 Å². The van der Waals surface area contributed by atoms with Gasteiger partial charge in [-0.1, -0.05) is 18.9 Å². The molecule has 2 rings (SSSR count). The Bertz CT molecular complexity index is 574. The van der Waals surface area contributed by atoms with Crippen molar-refractivity contribution in [2.24, 2.45) is 0 Å². The summed E-state index contributed by atoms with van der Waals surface area (Å²) in [4.78, 5) is 29.5. The topological polar surface area (TPSA) is 92.8 Å². The van der Waals surface area contributed by atoms with E-state index in [0.29, 0.717) is 19.5 Å². The van der Waals surface area contributed by atoms with Gasteiger partial charge in [-0.05, 0) is 24.5 Å². The lowest BCUT2D eigenvalue weighted by atomic mass is 10.1. The summed E-state index contributed by atoms with van der Waals surface area (Å²) in [7, 11) is 1.40. The molecule has 8 heteroatoms. The van der Waals surface area contributed by atoms with Crippen LogP contribution in [0.5, 0.6) is 0 Å². The summed E-state index contributed by atoms with van der Waals surface area (Å²) >= 11 is 0. The highest BCUT2D eigenvalue weighted by atomic mass is 16.5. The minimum atomic E-state index is -0.179. The van der Waals surface area contributed by atoms with Gasteiger partial charge in [0.15, 0.2) is 0 Å². The van der Waals surface area contributed by atoms with Gasteiger partial charge in [0.25, 0.3) is 0 Å². The summed E-state index contributed by atoms with van der Waals surface area (Å²) in [6.07, 6.45) is 5.91. The lowest BCUT2D eigenvalue weighted by Gasteiger charge is -2.27. The Morgan fingerprint density at radius 1 is 1.15 bits per heavy atom. The molecule has 150 valence electrons. The molecule has 27 heavy (non-hydrogen) atoms. The molecule has 0 saturated carbocycles. The fourth-order valence-corrected chi connectivity index (χ4v) is 2.80. The number of carbonyl (C=O) groups is 2. The molecule has 2 heterocycles. The highest BCUT2D eigenvalue weighted by molar-refractivity contribution is 5.73. The maximum absolute atomic E-state index is 11.8. The standard InChI is InChI=1S/C19H30N4O4/c1-26-18(24)6-4-2-3-5-9-20-19(25)22-15-16-7-8-17(21-14-16)23-10-12-27-13-11-23/h7-8,14H,2-6,9-13,15H2,1H3,(H2,20,22,25). The van der Waals surface area contributed by atoms with Crippen LogP contribution in [0, 0.1) is 0 Å². The van der Waals surface area contributed by atoms with Crippen molar-refractivity contribution < 1.29 is 19.1 Å². The molecule has 1 aromatic rings. The lowest BCUT2D eigenvalue weighted by Crippen LogP contribution is -2.37. The summed E-state index contributed by atoms with van der Waals surface area (Å²) in [5.41, 5.74) is 0.963. The number of carbonyl (C=O) groups excluding carboxylic acids is 2. The number of pyridine rings is 1. The third-order valence-corrected chi connectivity index (χ3v) is 4.42. The molecule has 1 aromatic heterocycles. The molecule has 1 aliphatic heterocycles. The second kappa shape index (κ2) is 12.1. The number of anilines is 1. The number of methoxy groups -OCH3 is 1. The Labute approximate surface area is 160 Å². The lowest BCUT2D eigenvalue weighted by molar-refractivity contribution is -0.140. The second-order valence-electron chi connectivity index (χ2n) is 6.47. The molecular weight excluding hydrogens is 348 g/mol. The molecule has 0 unspecified atom stereocenters. The number of morpholine rings is 1. The van der Waals surface area contributed by atoms with Crippen LogP contribution in [-0.2, 0) is 20.8 Å². The number of rotatable bonds is 10. The molecular formula is C19H30N4O4. The Balaban J connectivity index is 1.54. The number of amides is 2. The molecule has 0 aliphatic carbocycles. The Morgan fingerprint density at radius 2 is 1.93 bits per heavy atom. The zero-order valence-corrected chi connectivity index (χ0v) is 16.0. The van der Waals surface area contributed by atoms with Crippen molar-refractivity contribution >= 4 is 17.8 Å². The number of ether oxygens (including phenoxy) is 2. The fraction of sp³-hybridized carbons (Fsp3) is 0.632. The Kier molecular flexibility index (Phi) is 9.40. The molecule has 0 bridgehead atoms. The van der Waals surface area contributed by atoms with E-state index in [1.807, 2.05) is 12.1 Å². The molecule has 0 atom stereocenters. The molecule has 8 nitrogen and oxygen atoms in total.